The van der Waals surface area contributed by atoms with E-state index in [1.54, 1.807) is 7.11 Å². The van der Waals surface area contributed by atoms with Gasteiger partial charge in [0.15, 0.2) is 5.82 Å². The van der Waals surface area contributed by atoms with Crippen molar-refractivity contribution in [3.63, 3.8) is 0 Å². The highest BCUT2D eigenvalue weighted by atomic mass is 35.5. The van der Waals surface area contributed by atoms with Gasteiger partial charge in [0.05, 0.1) is 24.1 Å². The molecular formula is C19H16ClF3N4O2. The Hall–Kier alpha value is -2.91. The molecule has 3 rings (SSSR count). The normalized spacial score (nSPS) is 11.5. The van der Waals surface area contributed by atoms with Crippen molar-refractivity contribution in [2.45, 2.75) is 19.3 Å². The van der Waals surface area contributed by atoms with E-state index in [0.29, 0.717) is 25.0 Å². The molecule has 1 aromatic carbocycles. The van der Waals surface area contributed by atoms with Gasteiger partial charge in [-0.3, -0.25) is 4.79 Å². The number of benzene rings is 1. The molecule has 0 unspecified atom stereocenters. The molecular weight excluding hydrogens is 409 g/mol. The Kier molecular flexibility index (Phi) is 6.19. The zero-order valence-corrected chi connectivity index (χ0v) is 16.0. The van der Waals surface area contributed by atoms with Gasteiger partial charge in [0, 0.05) is 19.9 Å². The number of hydrogen-bond acceptors (Lipinski definition) is 5. The van der Waals surface area contributed by atoms with Gasteiger partial charge in [-0.1, -0.05) is 35.9 Å². The fourth-order valence-corrected chi connectivity index (χ4v) is 2.71. The number of methoxy groups -OCH3 is 1. The van der Waals surface area contributed by atoms with E-state index in [1.807, 2.05) is 24.3 Å². The Morgan fingerprint density at radius 3 is 2.38 bits per heavy atom. The number of hydrogen-bond donors (Lipinski definition) is 1. The van der Waals surface area contributed by atoms with Crippen molar-refractivity contribution in [1.82, 2.24) is 14.8 Å². The lowest BCUT2D eigenvalue weighted by Crippen LogP contribution is -2.23. The van der Waals surface area contributed by atoms with Crippen LogP contribution in [-0.2, 0) is 24.1 Å². The molecule has 0 bridgehead atoms. The zero-order chi connectivity index (χ0) is 21.0. The minimum absolute atomic E-state index is 0.0646. The molecule has 0 aliphatic rings. The van der Waals surface area contributed by atoms with Crippen LogP contribution in [-0.4, -0.2) is 21.9 Å². The quantitative estimate of drug-likeness (QED) is 0.646. The second kappa shape index (κ2) is 8.62. The monoisotopic (exact) mass is 424 g/mol. The van der Waals surface area contributed by atoms with Gasteiger partial charge < -0.3 is 10.1 Å². The lowest BCUT2D eigenvalue weighted by atomic mass is 10.1. The maximum Gasteiger partial charge on any atom is 0.417 e. The van der Waals surface area contributed by atoms with Crippen LogP contribution in [0.1, 0.15) is 16.7 Å². The molecule has 0 atom stereocenters. The maximum absolute atomic E-state index is 12.6. The van der Waals surface area contributed by atoms with Gasteiger partial charge in [-0.25, -0.2) is 4.98 Å². The summed E-state index contributed by atoms with van der Waals surface area (Å²) in [6.45, 7) is 0.913. The summed E-state index contributed by atoms with van der Waals surface area (Å²) in [5, 5.41) is 6.83. The standard InChI is InChI=1S/C19H16ClF3N4O2/c1-29-11-13-4-2-12(3-5-13)8-24-15-10-26-27(18(28)17(15)20)16-7-6-14(9-25-16)19(21,22)23/h2-7,9-10,24H,8,11H2,1H3. The van der Waals surface area contributed by atoms with Gasteiger partial charge in [-0.2, -0.15) is 23.0 Å². The number of halogens is 4. The van der Waals surface area contributed by atoms with Crippen LogP contribution in [0.25, 0.3) is 5.82 Å². The van der Waals surface area contributed by atoms with Crippen molar-refractivity contribution >= 4 is 17.3 Å². The van der Waals surface area contributed by atoms with Crippen molar-refractivity contribution in [1.29, 1.82) is 0 Å². The molecule has 152 valence electrons. The van der Waals surface area contributed by atoms with Crippen molar-refractivity contribution in [3.05, 3.63) is 80.9 Å². The Morgan fingerprint density at radius 1 is 1.10 bits per heavy atom. The SMILES string of the molecule is COCc1ccc(CNc2cnn(-c3ccc(C(F)(F)F)cn3)c(=O)c2Cl)cc1. The molecule has 0 saturated carbocycles. The third kappa shape index (κ3) is 4.93. The molecule has 2 heterocycles. The number of aromatic nitrogens is 3. The average molecular weight is 425 g/mol. The zero-order valence-electron chi connectivity index (χ0n) is 15.2. The predicted molar refractivity (Wildman–Crippen MR) is 102 cm³/mol. The summed E-state index contributed by atoms with van der Waals surface area (Å²) in [6.07, 6.45) is -2.56. The van der Waals surface area contributed by atoms with Gasteiger partial charge in [0.2, 0.25) is 0 Å². The minimum Gasteiger partial charge on any atom is -0.380 e. The molecule has 0 aliphatic heterocycles. The summed E-state index contributed by atoms with van der Waals surface area (Å²) >= 11 is 6.12. The third-order valence-electron chi connectivity index (χ3n) is 4.03. The first-order valence-electron chi connectivity index (χ1n) is 8.41. The van der Waals surface area contributed by atoms with Crippen molar-refractivity contribution in [2.75, 3.05) is 12.4 Å². The lowest BCUT2D eigenvalue weighted by Gasteiger charge is -2.11. The highest BCUT2D eigenvalue weighted by Crippen LogP contribution is 2.28. The molecule has 0 saturated heterocycles. The molecule has 0 spiro atoms. The number of pyridine rings is 1. The fraction of sp³-hybridized carbons (Fsp3) is 0.211. The van der Waals surface area contributed by atoms with Gasteiger partial charge in [-0.15, -0.1) is 0 Å². The van der Waals surface area contributed by atoms with Crippen molar-refractivity contribution in [3.8, 4) is 5.82 Å². The Labute approximate surface area is 168 Å². The van der Waals surface area contributed by atoms with Crippen LogP contribution >= 0.6 is 11.6 Å². The molecule has 10 heteroatoms. The molecule has 29 heavy (non-hydrogen) atoms. The first-order chi connectivity index (χ1) is 13.8. The molecule has 6 nitrogen and oxygen atoms in total. The molecule has 0 radical (unpaired) electrons. The largest absolute Gasteiger partial charge is 0.417 e. The van der Waals surface area contributed by atoms with Crippen LogP contribution in [0.4, 0.5) is 18.9 Å². The van der Waals surface area contributed by atoms with Crippen LogP contribution in [0.3, 0.4) is 0 Å². The van der Waals surface area contributed by atoms with Gasteiger partial charge in [0.1, 0.15) is 5.02 Å². The van der Waals surface area contributed by atoms with Crippen molar-refractivity contribution < 1.29 is 17.9 Å². The summed E-state index contributed by atoms with van der Waals surface area (Å²) in [7, 11) is 1.62. The summed E-state index contributed by atoms with van der Waals surface area (Å²) in [5.41, 5.74) is 0.674. The molecule has 0 aliphatic carbocycles. The fourth-order valence-electron chi connectivity index (χ4n) is 2.52. The molecule has 1 N–H and O–H groups in total. The minimum atomic E-state index is -4.52. The second-order valence-corrected chi connectivity index (χ2v) is 6.47. The Bertz CT molecular complexity index is 1040. The van der Waals surface area contributed by atoms with E-state index < -0.39 is 17.3 Å². The van der Waals surface area contributed by atoms with E-state index in [0.717, 1.165) is 27.9 Å². The number of rotatable bonds is 6. The number of anilines is 1. The van der Waals surface area contributed by atoms with Gasteiger partial charge in [-0.05, 0) is 23.3 Å². The van der Waals surface area contributed by atoms with E-state index in [2.05, 4.69) is 15.4 Å². The number of nitrogens with zero attached hydrogens (tertiary/aromatic N) is 3. The van der Waals surface area contributed by atoms with E-state index in [9.17, 15) is 18.0 Å². The highest BCUT2D eigenvalue weighted by molar-refractivity contribution is 6.32. The number of nitrogens with one attached hydrogen (secondary N) is 1. The van der Waals surface area contributed by atoms with Crippen LogP contribution in [0.5, 0.6) is 0 Å². The van der Waals surface area contributed by atoms with Gasteiger partial charge in [0.25, 0.3) is 5.56 Å². The summed E-state index contributed by atoms with van der Waals surface area (Å²) < 4.78 is 43.8. The summed E-state index contributed by atoms with van der Waals surface area (Å²) in [4.78, 5) is 16.1. The molecule has 0 amide bonds. The predicted octanol–water partition coefficient (Wildman–Crippen LogP) is 4.06. The van der Waals surface area contributed by atoms with Crippen LogP contribution < -0.4 is 10.9 Å². The van der Waals surface area contributed by atoms with Crippen molar-refractivity contribution in [2.24, 2.45) is 0 Å². The van der Waals surface area contributed by atoms with E-state index in [1.165, 1.54) is 6.20 Å². The lowest BCUT2D eigenvalue weighted by molar-refractivity contribution is -0.137. The van der Waals surface area contributed by atoms with Crippen LogP contribution in [0, 0.1) is 0 Å². The van der Waals surface area contributed by atoms with E-state index >= 15 is 0 Å². The van der Waals surface area contributed by atoms with E-state index in [4.69, 9.17) is 16.3 Å². The van der Waals surface area contributed by atoms with Crippen LogP contribution in [0.2, 0.25) is 5.02 Å². The highest BCUT2D eigenvalue weighted by Gasteiger charge is 2.30. The second-order valence-electron chi connectivity index (χ2n) is 6.10. The maximum atomic E-state index is 12.6. The van der Waals surface area contributed by atoms with Gasteiger partial charge >= 0.3 is 6.18 Å². The Balaban J connectivity index is 1.76. The first kappa shape index (κ1) is 20.8. The number of alkyl halides is 3. The van der Waals surface area contributed by atoms with E-state index in [-0.39, 0.29) is 10.8 Å². The molecule has 2 aromatic heterocycles. The average Bonchev–Trinajstić information content (AvgIpc) is 2.70. The third-order valence-corrected chi connectivity index (χ3v) is 4.39. The topological polar surface area (TPSA) is 69.0 Å². The molecule has 3 aromatic rings. The first-order valence-corrected chi connectivity index (χ1v) is 8.79. The summed E-state index contributed by atoms with van der Waals surface area (Å²) in [6, 6.07) is 9.56. The molecule has 0 fully saturated rings. The Morgan fingerprint density at radius 2 is 1.79 bits per heavy atom. The van der Waals surface area contributed by atoms with Crippen LogP contribution in [0.15, 0.2) is 53.6 Å². The number of ether oxygens (including phenoxy) is 1. The smallest absolute Gasteiger partial charge is 0.380 e. The summed E-state index contributed by atoms with van der Waals surface area (Å²) in [5.74, 6) is -0.0646.